The van der Waals surface area contributed by atoms with Gasteiger partial charge in [-0.15, -0.1) is 0 Å². The Morgan fingerprint density at radius 2 is 1.88 bits per heavy atom. The summed E-state index contributed by atoms with van der Waals surface area (Å²) in [5.74, 6) is -0.00931. The minimum Gasteiger partial charge on any atom is -0.322 e. The van der Waals surface area contributed by atoms with Gasteiger partial charge in [-0.3, -0.25) is 4.79 Å². The molecular weight excluding hydrogens is 210 g/mol. The van der Waals surface area contributed by atoms with Crippen molar-refractivity contribution in [2.45, 2.75) is 13.3 Å². The number of carbonyl (C=O) groups is 1. The molecule has 0 atom stereocenters. The van der Waals surface area contributed by atoms with Gasteiger partial charge in [0, 0.05) is 17.7 Å². The number of anilines is 1. The van der Waals surface area contributed by atoms with Crippen LogP contribution in [-0.2, 0) is 6.42 Å². The van der Waals surface area contributed by atoms with E-state index in [1.54, 1.807) is 0 Å². The first kappa shape index (κ1) is 10.1. The van der Waals surface area contributed by atoms with Crippen LogP contribution < -0.4 is 5.32 Å². The maximum atomic E-state index is 12.1. The number of carbonyl (C=O) groups excluding carboxylic acids is 1. The minimum absolute atomic E-state index is 0.00931. The van der Waals surface area contributed by atoms with Gasteiger partial charge in [-0.1, -0.05) is 30.3 Å². The second-order valence-electron chi connectivity index (χ2n) is 4.39. The molecule has 0 aliphatic carbocycles. The average molecular weight is 223 g/mol. The Balaban J connectivity index is 2.21. The van der Waals surface area contributed by atoms with Crippen LogP contribution in [0.3, 0.4) is 0 Å². The van der Waals surface area contributed by atoms with E-state index < -0.39 is 0 Å². The summed E-state index contributed by atoms with van der Waals surface area (Å²) >= 11 is 0. The predicted octanol–water partition coefficient (Wildman–Crippen LogP) is 3.15. The van der Waals surface area contributed by atoms with Gasteiger partial charge < -0.3 is 5.32 Å². The van der Waals surface area contributed by atoms with E-state index in [0.29, 0.717) is 0 Å². The maximum Gasteiger partial charge on any atom is 0.255 e. The highest BCUT2D eigenvalue weighted by Gasteiger charge is 2.19. The summed E-state index contributed by atoms with van der Waals surface area (Å²) < 4.78 is 0. The highest BCUT2D eigenvalue weighted by molar-refractivity contribution is 6.06. The van der Waals surface area contributed by atoms with Gasteiger partial charge in [0.15, 0.2) is 0 Å². The van der Waals surface area contributed by atoms with E-state index in [9.17, 15) is 4.79 Å². The summed E-state index contributed by atoms with van der Waals surface area (Å²) in [5.41, 5.74) is 5.25. The van der Waals surface area contributed by atoms with Crippen molar-refractivity contribution >= 4 is 11.6 Å². The molecule has 0 fully saturated rings. The zero-order valence-electron chi connectivity index (χ0n) is 9.66. The summed E-state index contributed by atoms with van der Waals surface area (Å²) in [4.78, 5) is 12.1. The van der Waals surface area contributed by atoms with Crippen molar-refractivity contribution < 1.29 is 4.79 Å². The van der Waals surface area contributed by atoms with Crippen molar-refractivity contribution in [2.75, 3.05) is 5.32 Å². The third-order valence-corrected chi connectivity index (χ3v) is 3.29. The van der Waals surface area contributed by atoms with E-state index in [4.69, 9.17) is 0 Å². The fourth-order valence-electron chi connectivity index (χ4n) is 2.33. The van der Waals surface area contributed by atoms with Gasteiger partial charge in [0.2, 0.25) is 0 Å². The third kappa shape index (κ3) is 1.62. The lowest BCUT2D eigenvalue weighted by Gasteiger charge is -2.08. The monoisotopic (exact) mass is 223 g/mol. The van der Waals surface area contributed by atoms with E-state index >= 15 is 0 Å². The molecule has 2 nitrogen and oxygen atoms in total. The molecule has 1 heterocycles. The zero-order valence-corrected chi connectivity index (χ0v) is 9.66. The number of fused-ring (bicyclic) bond motifs is 2. The first-order chi connectivity index (χ1) is 8.25. The average Bonchev–Trinajstić information content (AvgIpc) is 2.47. The molecule has 1 N–H and O–H groups in total. The van der Waals surface area contributed by atoms with Gasteiger partial charge >= 0.3 is 0 Å². The van der Waals surface area contributed by atoms with Crippen LogP contribution in [-0.4, -0.2) is 5.91 Å². The minimum atomic E-state index is -0.00931. The van der Waals surface area contributed by atoms with Gasteiger partial charge in [-0.2, -0.15) is 0 Å². The Morgan fingerprint density at radius 1 is 1.06 bits per heavy atom. The molecule has 1 amide bonds. The largest absolute Gasteiger partial charge is 0.322 e. The second-order valence-corrected chi connectivity index (χ2v) is 4.39. The fourth-order valence-corrected chi connectivity index (χ4v) is 2.33. The molecule has 3 rings (SSSR count). The van der Waals surface area contributed by atoms with E-state index in [1.165, 1.54) is 11.1 Å². The molecule has 84 valence electrons. The number of hydrogen-bond acceptors (Lipinski definition) is 1. The highest BCUT2D eigenvalue weighted by Crippen LogP contribution is 2.28. The number of hydrogen-bond donors (Lipinski definition) is 1. The van der Waals surface area contributed by atoms with Gasteiger partial charge in [0.25, 0.3) is 5.91 Å². The van der Waals surface area contributed by atoms with Crippen LogP contribution in [0.15, 0.2) is 42.5 Å². The Morgan fingerprint density at radius 3 is 2.76 bits per heavy atom. The molecule has 1 aliphatic rings. The lowest BCUT2D eigenvalue weighted by atomic mass is 9.97. The SMILES string of the molecule is Cc1cccc2c1Cc1ccccc1C(=O)N2. The molecule has 0 bridgehead atoms. The van der Waals surface area contributed by atoms with Gasteiger partial charge in [0.1, 0.15) is 0 Å². The van der Waals surface area contributed by atoms with Gasteiger partial charge in [0.05, 0.1) is 0 Å². The van der Waals surface area contributed by atoms with Crippen molar-refractivity contribution in [3.05, 3.63) is 64.7 Å². The molecule has 1 aliphatic heterocycles. The second kappa shape index (κ2) is 3.74. The quantitative estimate of drug-likeness (QED) is 0.730. The van der Waals surface area contributed by atoms with Crippen molar-refractivity contribution in [3.8, 4) is 0 Å². The molecule has 0 saturated carbocycles. The Hall–Kier alpha value is -2.09. The van der Waals surface area contributed by atoms with E-state index in [-0.39, 0.29) is 5.91 Å². The molecule has 2 aromatic rings. The summed E-state index contributed by atoms with van der Waals surface area (Å²) in [6, 6.07) is 13.8. The smallest absolute Gasteiger partial charge is 0.255 e. The number of aryl methyl sites for hydroxylation is 1. The molecule has 0 spiro atoms. The van der Waals surface area contributed by atoms with E-state index in [0.717, 1.165) is 23.2 Å². The van der Waals surface area contributed by atoms with Crippen molar-refractivity contribution in [1.82, 2.24) is 0 Å². The number of rotatable bonds is 0. The Kier molecular flexibility index (Phi) is 2.22. The van der Waals surface area contributed by atoms with Crippen LogP contribution in [0.4, 0.5) is 5.69 Å². The fraction of sp³-hybridized carbons (Fsp3) is 0.133. The lowest BCUT2D eigenvalue weighted by molar-refractivity contribution is 0.102. The molecule has 0 radical (unpaired) electrons. The normalized spacial score (nSPS) is 13.4. The predicted molar refractivity (Wildman–Crippen MR) is 68.4 cm³/mol. The van der Waals surface area contributed by atoms with Crippen molar-refractivity contribution in [1.29, 1.82) is 0 Å². The number of nitrogens with one attached hydrogen (secondary N) is 1. The molecule has 17 heavy (non-hydrogen) atoms. The topological polar surface area (TPSA) is 29.1 Å². The zero-order chi connectivity index (χ0) is 11.8. The van der Waals surface area contributed by atoms with Crippen molar-refractivity contribution in [3.63, 3.8) is 0 Å². The molecule has 2 heteroatoms. The molecule has 0 saturated heterocycles. The first-order valence-electron chi connectivity index (χ1n) is 5.73. The van der Waals surface area contributed by atoms with Crippen LogP contribution in [0.25, 0.3) is 0 Å². The molecule has 0 unspecified atom stereocenters. The lowest BCUT2D eigenvalue weighted by Crippen LogP contribution is -2.11. The maximum absolute atomic E-state index is 12.1. The Bertz CT molecular complexity index is 602. The highest BCUT2D eigenvalue weighted by atomic mass is 16.1. The Labute approximate surface area is 100 Å². The number of benzene rings is 2. The van der Waals surface area contributed by atoms with Crippen LogP contribution >= 0.6 is 0 Å². The van der Waals surface area contributed by atoms with Gasteiger partial charge in [-0.25, -0.2) is 0 Å². The number of amides is 1. The van der Waals surface area contributed by atoms with Gasteiger partial charge in [-0.05, 0) is 35.7 Å². The third-order valence-electron chi connectivity index (χ3n) is 3.29. The summed E-state index contributed by atoms with van der Waals surface area (Å²) in [5, 5.41) is 2.98. The molecular formula is C15H13NO. The van der Waals surface area contributed by atoms with E-state index in [2.05, 4.69) is 18.3 Å². The molecule has 0 aromatic heterocycles. The van der Waals surface area contributed by atoms with Crippen LogP contribution in [0, 0.1) is 6.92 Å². The van der Waals surface area contributed by atoms with E-state index in [1.807, 2.05) is 36.4 Å². The van der Waals surface area contributed by atoms with Crippen LogP contribution in [0.2, 0.25) is 0 Å². The first-order valence-corrected chi connectivity index (χ1v) is 5.73. The summed E-state index contributed by atoms with van der Waals surface area (Å²) in [6.45, 7) is 2.08. The van der Waals surface area contributed by atoms with Crippen molar-refractivity contribution in [2.24, 2.45) is 0 Å². The van der Waals surface area contributed by atoms with Crippen LogP contribution in [0.1, 0.15) is 27.0 Å². The summed E-state index contributed by atoms with van der Waals surface area (Å²) in [6.07, 6.45) is 0.816. The van der Waals surface area contributed by atoms with Crippen LogP contribution in [0.5, 0.6) is 0 Å². The molecule has 2 aromatic carbocycles. The standard InChI is InChI=1S/C15H13NO/c1-10-5-4-8-14-13(10)9-11-6-2-3-7-12(11)15(17)16-14/h2-8H,9H2,1H3,(H,16,17). The summed E-state index contributed by atoms with van der Waals surface area (Å²) in [7, 11) is 0.